The van der Waals surface area contributed by atoms with Gasteiger partial charge in [0.1, 0.15) is 11.5 Å². The van der Waals surface area contributed by atoms with Crippen molar-refractivity contribution in [2.24, 2.45) is 0 Å². The molecule has 0 aliphatic carbocycles. The van der Waals surface area contributed by atoms with Crippen molar-refractivity contribution in [1.82, 2.24) is 0 Å². The molecule has 0 aliphatic rings. The summed E-state index contributed by atoms with van der Waals surface area (Å²) in [6, 6.07) is 17.2. The van der Waals surface area contributed by atoms with Crippen LogP contribution in [0.25, 0.3) is 0 Å². The fourth-order valence-electron chi connectivity index (χ4n) is 2.25. The molecule has 0 amide bonds. The molecule has 0 bridgehead atoms. The van der Waals surface area contributed by atoms with Gasteiger partial charge >= 0.3 is 0 Å². The average Bonchev–Trinajstić information content (AvgIpc) is 2.51. The van der Waals surface area contributed by atoms with Gasteiger partial charge in [0.05, 0.1) is 0 Å². The van der Waals surface area contributed by atoms with Crippen molar-refractivity contribution >= 4 is 16.7 Å². The number of carbonyl (C=O) groups is 1. The molecule has 0 N–H and O–H groups in total. The van der Waals surface area contributed by atoms with Crippen molar-refractivity contribution in [1.29, 1.82) is 0 Å². The molecule has 0 spiro atoms. The number of benzene rings is 2. The molecule has 0 saturated carbocycles. The summed E-state index contributed by atoms with van der Waals surface area (Å²) >= 11 is 0. The maximum atomic E-state index is 11.8. The number of rotatable bonds is 7. The summed E-state index contributed by atoms with van der Waals surface area (Å²) in [4.78, 5) is 11.8. The molecule has 0 aliphatic heterocycles. The Labute approximate surface area is 136 Å². The highest BCUT2D eigenvalue weighted by atomic mass is 32.2. The van der Waals surface area contributed by atoms with Crippen LogP contribution in [0.4, 0.5) is 0 Å². The Kier molecular flexibility index (Phi) is 6.02. The monoisotopic (exact) mass is 311 g/mol. The molecule has 1 nitrogen and oxygen atoms in total. The van der Waals surface area contributed by atoms with Gasteiger partial charge in [-0.2, -0.15) is 0 Å². The second-order valence-electron chi connectivity index (χ2n) is 5.69. The number of carbonyl (C=O) groups excluding carboxylic acids is 1. The molecule has 0 radical (unpaired) electrons. The Bertz CT molecular complexity index is 578. The van der Waals surface area contributed by atoms with Gasteiger partial charge in [-0.25, -0.2) is 0 Å². The third-order valence-electron chi connectivity index (χ3n) is 3.56. The Morgan fingerprint density at radius 1 is 0.909 bits per heavy atom. The van der Waals surface area contributed by atoms with E-state index in [4.69, 9.17) is 0 Å². The highest BCUT2D eigenvalue weighted by Crippen LogP contribution is 2.17. The van der Waals surface area contributed by atoms with E-state index in [0.29, 0.717) is 5.75 Å². The van der Waals surface area contributed by atoms with E-state index in [2.05, 4.69) is 69.0 Å². The van der Waals surface area contributed by atoms with E-state index >= 15 is 0 Å². The van der Waals surface area contributed by atoms with Gasteiger partial charge < -0.3 is 0 Å². The molecule has 2 rings (SSSR count). The van der Waals surface area contributed by atoms with Crippen LogP contribution in [0.5, 0.6) is 0 Å². The standard InChI is InChI=1S/C20H23OS/c1-4-20(21)15-22(13-18-9-5-16(2)6-10-18)14-19-11-7-17(3)8-12-19/h4-12H,1,13-15H2,2-3H3/q+1. The van der Waals surface area contributed by atoms with Crippen molar-refractivity contribution < 1.29 is 4.79 Å². The van der Waals surface area contributed by atoms with Gasteiger partial charge in [0.15, 0.2) is 5.75 Å². The van der Waals surface area contributed by atoms with Crippen LogP contribution in [0.2, 0.25) is 0 Å². The predicted molar refractivity (Wildman–Crippen MR) is 97.2 cm³/mol. The largest absolute Gasteiger partial charge is 0.290 e. The van der Waals surface area contributed by atoms with Crippen LogP contribution in [0.1, 0.15) is 22.3 Å². The summed E-state index contributed by atoms with van der Waals surface area (Å²) < 4.78 is 0. The summed E-state index contributed by atoms with van der Waals surface area (Å²) in [5, 5.41) is 0. The summed E-state index contributed by atoms with van der Waals surface area (Å²) in [5.74, 6) is 2.63. The number of aryl methyl sites for hydroxylation is 2. The maximum Gasteiger partial charge on any atom is 0.204 e. The van der Waals surface area contributed by atoms with Gasteiger partial charge in [0, 0.05) is 22.0 Å². The Morgan fingerprint density at radius 2 is 1.32 bits per heavy atom. The van der Waals surface area contributed by atoms with Crippen LogP contribution >= 0.6 is 0 Å². The molecular formula is C20H23OS+. The predicted octanol–water partition coefficient (Wildman–Crippen LogP) is 4.38. The van der Waals surface area contributed by atoms with Gasteiger partial charge in [0.2, 0.25) is 5.78 Å². The highest BCUT2D eigenvalue weighted by Gasteiger charge is 2.22. The van der Waals surface area contributed by atoms with Crippen molar-refractivity contribution in [3.8, 4) is 0 Å². The van der Waals surface area contributed by atoms with E-state index in [0.717, 1.165) is 11.5 Å². The van der Waals surface area contributed by atoms with Crippen LogP contribution in [0.15, 0.2) is 61.2 Å². The minimum atomic E-state index is 0.00958. The lowest BCUT2D eigenvalue weighted by molar-refractivity contribution is -0.112. The van der Waals surface area contributed by atoms with Crippen LogP contribution in [-0.4, -0.2) is 11.5 Å². The quantitative estimate of drug-likeness (QED) is 0.548. The first kappa shape index (κ1) is 16.6. The summed E-state index contributed by atoms with van der Waals surface area (Å²) in [6.07, 6.45) is 1.45. The second kappa shape index (κ2) is 8.00. The lowest BCUT2D eigenvalue weighted by Crippen LogP contribution is -2.19. The van der Waals surface area contributed by atoms with Gasteiger partial charge in [-0.05, 0) is 19.9 Å². The molecule has 0 unspecified atom stereocenters. The molecule has 2 heteroatoms. The minimum Gasteiger partial charge on any atom is -0.290 e. The van der Waals surface area contributed by atoms with Crippen LogP contribution in [0.3, 0.4) is 0 Å². The lowest BCUT2D eigenvalue weighted by atomic mass is 10.2. The number of allylic oxidation sites excluding steroid dienone is 1. The highest BCUT2D eigenvalue weighted by molar-refractivity contribution is 7.96. The van der Waals surface area contributed by atoms with E-state index in [9.17, 15) is 4.79 Å². The molecule has 0 heterocycles. The van der Waals surface area contributed by atoms with E-state index in [1.165, 1.54) is 28.3 Å². The number of hydrogen-bond donors (Lipinski definition) is 0. The third kappa shape index (κ3) is 5.19. The smallest absolute Gasteiger partial charge is 0.204 e. The molecule has 2 aromatic rings. The fraction of sp³-hybridized carbons (Fsp3) is 0.250. The number of ketones is 1. The zero-order chi connectivity index (χ0) is 15.9. The summed E-state index contributed by atoms with van der Waals surface area (Å²) in [7, 11) is 0.00958. The van der Waals surface area contributed by atoms with Crippen molar-refractivity contribution in [3.63, 3.8) is 0 Å². The normalized spacial score (nSPS) is 10.7. The average molecular weight is 311 g/mol. The molecule has 0 fully saturated rings. The van der Waals surface area contributed by atoms with E-state index in [1.807, 2.05) is 0 Å². The van der Waals surface area contributed by atoms with Gasteiger partial charge in [-0.15, -0.1) is 0 Å². The zero-order valence-corrected chi connectivity index (χ0v) is 14.2. The first-order chi connectivity index (χ1) is 10.6. The molecule has 0 saturated heterocycles. The molecule has 0 aromatic heterocycles. The second-order valence-corrected chi connectivity index (χ2v) is 7.78. The third-order valence-corrected chi connectivity index (χ3v) is 5.73. The minimum absolute atomic E-state index is 0.00958. The summed E-state index contributed by atoms with van der Waals surface area (Å²) in [5.41, 5.74) is 5.14. The molecule has 0 atom stereocenters. The molecule has 2 aromatic carbocycles. The molecule has 22 heavy (non-hydrogen) atoms. The molecular weight excluding hydrogens is 288 g/mol. The van der Waals surface area contributed by atoms with Crippen LogP contribution in [-0.2, 0) is 27.2 Å². The van der Waals surface area contributed by atoms with E-state index in [-0.39, 0.29) is 16.7 Å². The first-order valence-corrected chi connectivity index (χ1v) is 9.20. The first-order valence-electron chi connectivity index (χ1n) is 7.47. The van der Waals surface area contributed by atoms with E-state index in [1.54, 1.807) is 0 Å². The molecule has 114 valence electrons. The fourth-order valence-corrected chi connectivity index (χ4v) is 4.41. The van der Waals surface area contributed by atoms with Crippen LogP contribution in [0, 0.1) is 13.8 Å². The van der Waals surface area contributed by atoms with Crippen LogP contribution < -0.4 is 0 Å². The topological polar surface area (TPSA) is 17.1 Å². The van der Waals surface area contributed by atoms with Gasteiger partial charge in [-0.1, -0.05) is 66.2 Å². The zero-order valence-electron chi connectivity index (χ0n) is 13.3. The Morgan fingerprint density at radius 3 is 1.68 bits per heavy atom. The summed E-state index contributed by atoms with van der Waals surface area (Å²) in [6.45, 7) is 7.79. The maximum absolute atomic E-state index is 11.8. The van der Waals surface area contributed by atoms with Gasteiger partial charge in [-0.3, -0.25) is 4.79 Å². The van der Waals surface area contributed by atoms with Crippen molar-refractivity contribution in [2.45, 2.75) is 25.4 Å². The van der Waals surface area contributed by atoms with Gasteiger partial charge in [0.25, 0.3) is 0 Å². The lowest BCUT2D eigenvalue weighted by Gasteiger charge is -2.09. The Hall–Kier alpha value is -1.80. The number of hydrogen-bond acceptors (Lipinski definition) is 1. The Balaban J connectivity index is 2.11. The van der Waals surface area contributed by atoms with Crippen molar-refractivity contribution in [3.05, 3.63) is 83.4 Å². The van der Waals surface area contributed by atoms with E-state index < -0.39 is 0 Å². The SMILES string of the molecule is C=CC(=O)C[S+](Cc1ccc(C)cc1)Cc1ccc(C)cc1. The van der Waals surface area contributed by atoms with Crippen molar-refractivity contribution in [2.75, 3.05) is 5.75 Å².